The first kappa shape index (κ1) is 12.6. The lowest BCUT2D eigenvalue weighted by atomic mass is 10.2. The second-order valence-corrected chi connectivity index (χ2v) is 4.79. The van der Waals surface area contributed by atoms with Gasteiger partial charge in [-0.25, -0.2) is 4.98 Å². The smallest absolute Gasteiger partial charge is 0.237 e. The Labute approximate surface area is 110 Å². The van der Waals surface area contributed by atoms with Crippen LogP contribution in [0, 0.1) is 0 Å². The van der Waals surface area contributed by atoms with Crippen molar-refractivity contribution in [3.8, 4) is 0 Å². The summed E-state index contributed by atoms with van der Waals surface area (Å²) in [5.41, 5.74) is 0.709. The van der Waals surface area contributed by atoms with Gasteiger partial charge in [-0.1, -0.05) is 23.2 Å². The van der Waals surface area contributed by atoms with E-state index in [2.05, 4.69) is 10.3 Å². The van der Waals surface area contributed by atoms with Gasteiger partial charge in [0, 0.05) is 19.6 Å². The van der Waals surface area contributed by atoms with Crippen LogP contribution in [0.3, 0.4) is 0 Å². The van der Waals surface area contributed by atoms with Crippen LogP contribution in [0.4, 0.5) is 0 Å². The molecule has 17 heavy (non-hydrogen) atoms. The van der Waals surface area contributed by atoms with Gasteiger partial charge in [0.15, 0.2) is 0 Å². The molecule has 4 nitrogen and oxygen atoms in total. The third-order valence-electron chi connectivity index (χ3n) is 2.86. The van der Waals surface area contributed by atoms with Crippen molar-refractivity contribution in [2.45, 2.75) is 19.5 Å². The van der Waals surface area contributed by atoms with Gasteiger partial charge in [0.2, 0.25) is 5.91 Å². The second-order valence-electron chi connectivity index (χ2n) is 4.00. The Morgan fingerprint density at radius 3 is 3.06 bits per heavy atom. The van der Waals surface area contributed by atoms with Crippen LogP contribution in [0.25, 0.3) is 0 Å². The van der Waals surface area contributed by atoms with Crippen LogP contribution in [0.15, 0.2) is 12.1 Å². The average Bonchev–Trinajstić information content (AvgIpc) is 2.30. The van der Waals surface area contributed by atoms with Crippen molar-refractivity contribution in [1.29, 1.82) is 0 Å². The maximum Gasteiger partial charge on any atom is 0.237 e. The quantitative estimate of drug-likeness (QED) is 0.835. The molecule has 1 amide bonds. The molecule has 0 aliphatic carbocycles. The summed E-state index contributed by atoms with van der Waals surface area (Å²) in [5.74, 6) is 0.0365. The molecule has 0 bridgehead atoms. The van der Waals surface area contributed by atoms with Gasteiger partial charge in [-0.3, -0.25) is 9.69 Å². The van der Waals surface area contributed by atoms with E-state index >= 15 is 0 Å². The molecule has 1 saturated heterocycles. The van der Waals surface area contributed by atoms with Gasteiger partial charge in [0.25, 0.3) is 0 Å². The van der Waals surface area contributed by atoms with Crippen LogP contribution in [-0.4, -0.2) is 34.9 Å². The van der Waals surface area contributed by atoms with Crippen LogP contribution in [0.1, 0.15) is 12.6 Å². The molecule has 2 rings (SSSR count). The second kappa shape index (κ2) is 5.21. The summed E-state index contributed by atoms with van der Waals surface area (Å²) in [6.45, 7) is 3.85. The van der Waals surface area contributed by atoms with Crippen LogP contribution in [-0.2, 0) is 11.3 Å². The summed E-state index contributed by atoms with van der Waals surface area (Å²) in [6.07, 6.45) is 0. The molecule has 2 heterocycles. The predicted molar refractivity (Wildman–Crippen MR) is 67.1 cm³/mol. The van der Waals surface area contributed by atoms with Crippen LogP contribution in [0.2, 0.25) is 10.2 Å². The number of aromatic nitrogens is 1. The third kappa shape index (κ3) is 2.89. The highest BCUT2D eigenvalue weighted by Gasteiger charge is 2.26. The molecule has 0 spiro atoms. The highest BCUT2D eigenvalue weighted by Crippen LogP contribution is 2.19. The molecule has 1 atom stereocenters. The summed E-state index contributed by atoms with van der Waals surface area (Å²) in [5, 5.41) is 3.81. The molecule has 1 N–H and O–H groups in total. The fourth-order valence-electron chi connectivity index (χ4n) is 1.81. The summed E-state index contributed by atoms with van der Waals surface area (Å²) >= 11 is 11.9. The van der Waals surface area contributed by atoms with Crippen LogP contribution < -0.4 is 5.32 Å². The molecule has 0 radical (unpaired) electrons. The van der Waals surface area contributed by atoms with Gasteiger partial charge < -0.3 is 5.32 Å². The molecular weight excluding hydrogens is 261 g/mol. The Morgan fingerprint density at radius 2 is 2.29 bits per heavy atom. The van der Waals surface area contributed by atoms with E-state index in [1.807, 2.05) is 11.8 Å². The summed E-state index contributed by atoms with van der Waals surface area (Å²) in [4.78, 5) is 17.7. The van der Waals surface area contributed by atoms with Gasteiger partial charge in [-0.15, -0.1) is 0 Å². The van der Waals surface area contributed by atoms with Gasteiger partial charge in [0.05, 0.1) is 16.8 Å². The lowest BCUT2D eigenvalue weighted by Crippen LogP contribution is -2.53. The fourth-order valence-corrected chi connectivity index (χ4v) is 2.14. The minimum Gasteiger partial charge on any atom is -0.353 e. The molecule has 0 saturated carbocycles. The van der Waals surface area contributed by atoms with E-state index in [9.17, 15) is 4.79 Å². The molecule has 0 aromatic carbocycles. The summed E-state index contributed by atoms with van der Waals surface area (Å²) in [6, 6.07) is 3.21. The van der Waals surface area contributed by atoms with E-state index in [0.29, 0.717) is 29.0 Å². The molecule has 1 fully saturated rings. The average molecular weight is 274 g/mol. The Morgan fingerprint density at radius 1 is 1.53 bits per heavy atom. The SMILES string of the molecule is CC1C(=O)NCCN1Cc1nc(Cl)ccc1Cl. The fraction of sp³-hybridized carbons (Fsp3) is 0.455. The maximum atomic E-state index is 11.5. The van der Waals surface area contributed by atoms with Crippen molar-refractivity contribution in [3.63, 3.8) is 0 Å². The molecule has 1 aliphatic rings. The first-order chi connectivity index (χ1) is 8.08. The first-order valence-corrected chi connectivity index (χ1v) is 6.16. The topological polar surface area (TPSA) is 45.2 Å². The third-order valence-corrected chi connectivity index (χ3v) is 3.42. The lowest BCUT2D eigenvalue weighted by Gasteiger charge is -2.32. The number of rotatable bonds is 2. The highest BCUT2D eigenvalue weighted by atomic mass is 35.5. The minimum absolute atomic E-state index is 0.0365. The number of halogens is 2. The Balaban J connectivity index is 2.14. The number of nitrogens with one attached hydrogen (secondary N) is 1. The van der Waals surface area contributed by atoms with Crippen molar-refractivity contribution in [1.82, 2.24) is 15.2 Å². The molecule has 1 unspecified atom stereocenters. The molecule has 1 aromatic rings. The Bertz CT molecular complexity index is 439. The van der Waals surface area contributed by atoms with Gasteiger partial charge in [0.1, 0.15) is 5.15 Å². The van der Waals surface area contributed by atoms with E-state index in [-0.39, 0.29) is 11.9 Å². The van der Waals surface area contributed by atoms with Crippen LogP contribution >= 0.6 is 23.2 Å². The van der Waals surface area contributed by atoms with Gasteiger partial charge in [-0.05, 0) is 19.1 Å². The Hall–Kier alpha value is -0.840. The number of carbonyl (C=O) groups excluding carboxylic acids is 1. The van der Waals surface area contributed by atoms with Gasteiger partial charge in [-0.2, -0.15) is 0 Å². The maximum absolute atomic E-state index is 11.5. The van der Waals surface area contributed by atoms with Crippen molar-refractivity contribution in [3.05, 3.63) is 28.0 Å². The van der Waals surface area contributed by atoms with E-state index < -0.39 is 0 Å². The lowest BCUT2D eigenvalue weighted by molar-refractivity contribution is -0.128. The van der Waals surface area contributed by atoms with E-state index in [1.54, 1.807) is 12.1 Å². The number of pyridine rings is 1. The molecule has 92 valence electrons. The number of piperazine rings is 1. The zero-order valence-corrected chi connectivity index (χ0v) is 10.9. The predicted octanol–water partition coefficient (Wildman–Crippen LogP) is 1.71. The molecular formula is C11H13Cl2N3O. The molecule has 6 heteroatoms. The van der Waals surface area contributed by atoms with E-state index in [1.165, 1.54) is 0 Å². The Kier molecular flexibility index (Phi) is 3.86. The monoisotopic (exact) mass is 273 g/mol. The summed E-state index contributed by atoms with van der Waals surface area (Å²) in [7, 11) is 0. The van der Waals surface area contributed by atoms with Crippen molar-refractivity contribution >= 4 is 29.1 Å². The zero-order valence-electron chi connectivity index (χ0n) is 9.41. The van der Waals surface area contributed by atoms with E-state index in [4.69, 9.17) is 23.2 Å². The number of nitrogens with zero attached hydrogens (tertiary/aromatic N) is 2. The van der Waals surface area contributed by atoms with E-state index in [0.717, 1.165) is 6.54 Å². The van der Waals surface area contributed by atoms with Crippen molar-refractivity contribution in [2.24, 2.45) is 0 Å². The minimum atomic E-state index is -0.166. The number of amides is 1. The van der Waals surface area contributed by atoms with Gasteiger partial charge >= 0.3 is 0 Å². The summed E-state index contributed by atoms with van der Waals surface area (Å²) < 4.78 is 0. The highest BCUT2D eigenvalue weighted by molar-refractivity contribution is 6.32. The number of hydrogen-bond donors (Lipinski definition) is 1. The number of carbonyl (C=O) groups is 1. The van der Waals surface area contributed by atoms with Crippen molar-refractivity contribution < 1.29 is 4.79 Å². The van der Waals surface area contributed by atoms with Crippen LogP contribution in [0.5, 0.6) is 0 Å². The first-order valence-electron chi connectivity index (χ1n) is 5.40. The normalized spacial score (nSPS) is 21.4. The molecule has 1 aromatic heterocycles. The standard InChI is InChI=1S/C11H13Cl2N3O/c1-7-11(17)14-4-5-16(7)6-9-8(12)2-3-10(13)15-9/h2-3,7H,4-6H2,1H3,(H,14,17). The number of hydrogen-bond acceptors (Lipinski definition) is 3. The van der Waals surface area contributed by atoms with Crippen molar-refractivity contribution in [2.75, 3.05) is 13.1 Å². The molecule has 1 aliphatic heterocycles. The zero-order chi connectivity index (χ0) is 12.4. The largest absolute Gasteiger partial charge is 0.353 e.